The number of aliphatic hydroxyl groups excluding tert-OH is 1. The minimum absolute atomic E-state index is 0.278. The zero-order valence-corrected chi connectivity index (χ0v) is 6.80. The van der Waals surface area contributed by atoms with Crippen molar-refractivity contribution in [2.24, 2.45) is 5.92 Å². The number of aliphatic hydroxyl groups is 1. The van der Waals surface area contributed by atoms with Crippen molar-refractivity contribution < 1.29 is 5.11 Å². The van der Waals surface area contributed by atoms with Crippen LogP contribution < -0.4 is 0 Å². The summed E-state index contributed by atoms with van der Waals surface area (Å²) in [5, 5.41) is 8.61. The third-order valence-corrected chi connectivity index (χ3v) is 1.52. The van der Waals surface area contributed by atoms with Crippen molar-refractivity contribution in [3.63, 3.8) is 0 Å². The van der Waals surface area contributed by atoms with Gasteiger partial charge in [0.1, 0.15) is 0 Å². The fraction of sp³-hybridized carbons (Fsp3) is 0.667. The molecule has 0 fully saturated rings. The Morgan fingerprint density at radius 2 is 2.30 bits per heavy atom. The van der Waals surface area contributed by atoms with Crippen LogP contribution in [0.4, 0.5) is 0 Å². The molecule has 0 aliphatic carbocycles. The van der Waals surface area contributed by atoms with Gasteiger partial charge in [0.05, 0.1) is 0 Å². The molecule has 1 nitrogen and oxygen atoms in total. The van der Waals surface area contributed by atoms with E-state index in [4.69, 9.17) is 5.11 Å². The van der Waals surface area contributed by atoms with Crippen LogP contribution in [-0.2, 0) is 0 Å². The molecule has 0 radical (unpaired) electrons. The molecule has 1 N–H and O–H groups in total. The van der Waals surface area contributed by atoms with Crippen molar-refractivity contribution in [3.05, 3.63) is 17.9 Å². The first-order valence-electron chi connectivity index (χ1n) is 3.83. The summed E-state index contributed by atoms with van der Waals surface area (Å²) < 4.78 is 0. The van der Waals surface area contributed by atoms with E-state index in [1.165, 1.54) is 0 Å². The summed E-state index contributed by atoms with van der Waals surface area (Å²) in [6.45, 7) is 4.34. The normalized spacial score (nSPS) is 11.9. The number of rotatable bonds is 4. The topological polar surface area (TPSA) is 20.2 Å². The predicted octanol–water partition coefficient (Wildman–Crippen LogP) is 2.13. The van der Waals surface area contributed by atoms with Gasteiger partial charge in [-0.3, -0.25) is 0 Å². The number of hydrogen-bond donors (Lipinski definition) is 1. The summed E-state index contributed by atoms with van der Waals surface area (Å²) in [7, 11) is 0. The van der Waals surface area contributed by atoms with E-state index in [1.807, 2.05) is 19.1 Å². The first-order valence-corrected chi connectivity index (χ1v) is 3.83. The molecule has 10 heavy (non-hydrogen) atoms. The molecule has 0 heterocycles. The van der Waals surface area contributed by atoms with Crippen LogP contribution in [-0.4, -0.2) is 11.7 Å². The van der Waals surface area contributed by atoms with Gasteiger partial charge < -0.3 is 5.11 Å². The highest BCUT2D eigenvalue weighted by atomic mass is 16.3. The maximum atomic E-state index is 8.61. The van der Waals surface area contributed by atoms with E-state index in [2.05, 4.69) is 12.7 Å². The van der Waals surface area contributed by atoms with Crippen LogP contribution in [0.25, 0.3) is 0 Å². The first-order chi connectivity index (χ1) is 4.85. The lowest BCUT2D eigenvalue weighted by atomic mass is 10.0. The van der Waals surface area contributed by atoms with Gasteiger partial charge in [0.2, 0.25) is 0 Å². The van der Waals surface area contributed by atoms with Crippen LogP contribution in [0.2, 0.25) is 0 Å². The molecule has 1 atom stereocenters. The molecule has 0 bridgehead atoms. The van der Waals surface area contributed by atoms with Gasteiger partial charge in [-0.25, -0.2) is 0 Å². The molecule has 58 valence electrons. The maximum Gasteiger partial charge on any atom is 0.0436 e. The van der Waals surface area contributed by atoms with Crippen LogP contribution in [0.5, 0.6) is 0 Å². The van der Waals surface area contributed by atoms with Gasteiger partial charge in [-0.15, -0.1) is 5.73 Å². The summed E-state index contributed by atoms with van der Waals surface area (Å²) in [6, 6.07) is 0. The Kier molecular flexibility index (Phi) is 6.25. The second-order valence-electron chi connectivity index (χ2n) is 2.30. The molecular weight excluding hydrogens is 124 g/mol. The predicted molar refractivity (Wildman–Crippen MR) is 43.8 cm³/mol. The van der Waals surface area contributed by atoms with E-state index >= 15 is 0 Å². The average Bonchev–Trinajstić information content (AvgIpc) is 1.98. The molecule has 0 aromatic rings. The zero-order valence-electron chi connectivity index (χ0n) is 6.80. The van der Waals surface area contributed by atoms with Gasteiger partial charge in [-0.1, -0.05) is 6.92 Å². The number of hydrogen-bond acceptors (Lipinski definition) is 1. The maximum absolute atomic E-state index is 8.61. The molecule has 0 aliphatic heterocycles. The standard InChI is InChI=1S/C9H16O/c1-3-5-6-9(4-2)7-8-10/h3,6,9-10H,4,7-8H2,1-2H3. The Balaban J connectivity index is 3.70. The van der Waals surface area contributed by atoms with Crippen molar-refractivity contribution in [1.29, 1.82) is 0 Å². The Hall–Kier alpha value is -0.520. The highest BCUT2D eigenvalue weighted by Crippen LogP contribution is 2.07. The van der Waals surface area contributed by atoms with Crippen molar-refractivity contribution in [2.45, 2.75) is 26.7 Å². The van der Waals surface area contributed by atoms with E-state index in [0.29, 0.717) is 5.92 Å². The minimum atomic E-state index is 0.278. The van der Waals surface area contributed by atoms with Gasteiger partial charge in [-0.05, 0) is 37.8 Å². The van der Waals surface area contributed by atoms with Gasteiger partial charge in [0.15, 0.2) is 0 Å². The summed E-state index contributed by atoms with van der Waals surface area (Å²) >= 11 is 0. The lowest BCUT2D eigenvalue weighted by Gasteiger charge is -2.03. The zero-order chi connectivity index (χ0) is 7.82. The van der Waals surface area contributed by atoms with Gasteiger partial charge in [-0.2, -0.15) is 0 Å². The van der Waals surface area contributed by atoms with Crippen molar-refractivity contribution >= 4 is 0 Å². The van der Waals surface area contributed by atoms with Crippen LogP contribution in [0.15, 0.2) is 17.9 Å². The number of allylic oxidation sites excluding steroid dienone is 1. The summed E-state index contributed by atoms with van der Waals surface area (Å²) in [6.07, 6.45) is 5.86. The van der Waals surface area contributed by atoms with E-state index in [0.717, 1.165) is 12.8 Å². The highest BCUT2D eigenvalue weighted by molar-refractivity contribution is 4.87. The van der Waals surface area contributed by atoms with Crippen molar-refractivity contribution in [1.82, 2.24) is 0 Å². The fourth-order valence-corrected chi connectivity index (χ4v) is 0.803. The summed E-state index contributed by atoms with van der Waals surface area (Å²) in [5.74, 6) is 0.501. The van der Waals surface area contributed by atoms with Crippen LogP contribution >= 0.6 is 0 Å². The molecule has 1 heteroatoms. The van der Waals surface area contributed by atoms with Gasteiger partial charge >= 0.3 is 0 Å². The molecule has 0 aromatic carbocycles. The molecule has 0 saturated heterocycles. The molecule has 0 amide bonds. The highest BCUT2D eigenvalue weighted by Gasteiger charge is 1.97. The van der Waals surface area contributed by atoms with Gasteiger partial charge in [0, 0.05) is 6.61 Å². The van der Waals surface area contributed by atoms with Gasteiger partial charge in [0.25, 0.3) is 0 Å². The van der Waals surface area contributed by atoms with E-state index in [-0.39, 0.29) is 6.61 Å². The Morgan fingerprint density at radius 1 is 1.60 bits per heavy atom. The van der Waals surface area contributed by atoms with Crippen molar-refractivity contribution in [2.75, 3.05) is 6.61 Å². The molecule has 0 spiro atoms. The molecule has 0 saturated carbocycles. The lowest BCUT2D eigenvalue weighted by molar-refractivity contribution is 0.268. The first kappa shape index (κ1) is 9.48. The molecule has 1 unspecified atom stereocenters. The quantitative estimate of drug-likeness (QED) is 0.593. The van der Waals surface area contributed by atoms with E-state index in [1.54, 1.807) is 0 Å². The lowest BCUT2D eigenvalue weighted by Crippen LogP contribution is -1.96. The fourth-order valence-electron chi connectivity index (χ4n) is 0.803. The third-order valence-electron chi connectivity index (χ3n) is 1.52. The second kappa shape index (κ2) is 6.60. The van der Waals surface area contributed by atoms with Crippen LogP contribution in [0.1, 0.15) is 26.7 Å². The summed E-state index contributed by atoms with van der Waals surface area (Å²) in [5.41, 5.74) is 3.02. The van der Waals surface area contributed by atoms with Crippen LogP contribution in [0.3, 0.4) is 0 Å². The SMILES string of the molecule is CC=C=CC(CC)CCO. The molecule has 0 aromatic heterocycles. The average molecular weight is 140 g/mol. The Labute approximate surface area is 63.1 Å². The van der Waals surface area contributed by atoms with E-state index in [9.17, 15) is 0 Å². The molecule has 0 rings (SSSR count). The van der Waals surface area contributed by atoms with Crippen molar-refractivity contribution in [3.8, 4) is 0 Å². The van der Waals surface area contributed by atoms with Crippen LogP contribution in [0, 0.1) is 5.92 Å². The second-order valence-corrected chi connectivity index (χ2v) is 2.30. The summed E-state index contributed by atoms with van der Waals surface area (Å²) in [4.78, 5) is 0. The monoisotopic (exact) mass is 140 g/mol. The third kappa shape index (κ3) is 4.37. The Bertz CT molecular complexity index is 121. The molecular formula is C9H16O. The molecule has 0 aliphatic rings. The Morgan fingerprint density at radius 3 is 2.70 bits per heavy atom. The smallest absolute Gasteiger partial charge is 0.0436 e. The minimum Gasteiger partial charge on any atom is -0.396 e. The van der Waals surface area contributed by atoms with E-state index < -0.39 is 0 Å². The largest absolute Gasteiger partial charge is 0.396 e.